The second-order valence-corrected chi connectivity index (χ2v) is 5.18. The first-order chi connectivity index (χ1) is 10.1. The van der Waals surface area contributed by atoms with Crippen LogP contribution in [0.4, 0.5) is 10.5 Å². The number of benzene rings is 2. The summed E-state index contributed by atoms with van der Waals surface area (Å²) in [6, 6.07) is 15.6. The number of anilines is 1. The number of aryl methyl sites for hydroxylation is 1. The van der Waals surface area contributed by atoms with Gasteiger partial charge in [-0.05, 0) is 30.2 Å². The second kappa shape index (κ2) is 6.90. The Morgan fingerprint density at radius 3 is 2.48 bits per heavy atom. The zero-order chi connectivity index (χ0) is 15.2. The number of carbonyl (C=O) groups is 1. The molecule has 0 saturated heterocycles. The number of rotatable bonds is 4. The number of nitrogens with two attached hydrogens (primary N) is 1. The Labute approximate surface area is 125 Å². The minimum atomic E-state index is -0.128. The molecule has 4 nitrogen and oxygen atoms in total. The third kappa shape index (κ3) is 4.33. The number of hydrogen-bond donors (Lipinski definition) is 2. The van der Waals surface area contributed by atoms with Crippen LogP contribution < -0.4 is 11.1 Å². The maximum Gasteiger partial charge on any atom is 0.321 e. The van der Waals surface area contributed by atoms with E-state index in [9.17, 15) is 4.79 Å². The summed E-state index contributed by atoms with van der Waals surface area (Å²) in [7, 11) is 1.78. The number of carbonyl (C=O) groups excluding carboxylic acids is 1. The Morgan fingerprint density at radius 2 is 1.81 bits per heavy atom. The van der Waals surface area contributed by atoms with Gasteiger partial charge in [-0.15, -0.1) is 0 Å². The second-order valence-electron chi connectivity index (χ2n) is 5.18. The molecule has 0 bridgehead atoms. The highest BCUT2D eigenvalue weighted by atomic mass is 16.2. The summed E-state index contributed by atoms with van der Waals surface area (Å²) in [6.07, 6.45) is 0. The van der Waals surface area contributed by atoms with Gasteiger partial charge in [-0.2, -0.15) is 0 Å². The zero-order valence-corrected chi connectivity index (χ0v) is 12.5. The fourth-order valence-corrected chi connectivity index (χ4v) is 2.06. The van der Waals surface area contributed by atoms with E-state index in [2.05, 4.69) is 5.32 Å². The number of nitrogens with one attached hydrogen (secondary N) is 1. The van der Waals surface area contributed by atoms with Crippen LogP contribution in [0.2, 0.25) is 0 Å². The van der Waals surface area contributed by atoms with E-state index in [0.29, 0.717) is 13.1 Å². The first-order valence-electron chi connectivity index (χ1n) is 6.95. The number of nitrogens with zero attached hydrogens (tertiary/aromatic N) is 1. The molecule has 0 unspecified atom stereocenters. The monoisotopic (exact) mass is 283 g/mol. The Morgan fingerprint density at radius 1 is 1.14 bits per heavy atom. The summed E-state index contributed by atoms with van der Waals surface area (Å²) >= 11 is 0. The number of urea groups is 1. The third-order valence-electron chi connectivity index (χ3n) is 3.30. The van der Waals surface area contributed by atoms with Crippen molar-refractivity contribution in [1.82, 2.24) is 4.90 Å². The summed E-state index contributed by atoms with van der Waals surface area (Å²) in [4.78, 5) is 13.8. The molecule has 4 heteroatoms. The largest absolute Gasteiger partial charge is 0.326 e. The fraction of sp³-hybridized carbons (Fsp3) is 0.235. The lowest BCUT2D eigenvalue weighted by molar-refractivity contribution is 0.220. The molecule has 21 heavy (non-hydrogen) atoms. The molecule has 0 heterocycles. The van der Waals surface area contributed by atoms with Crippen molar-refractivity contribution in [3.05, 3.63) is 65.2 Å². The van der Waals surface area contributed by atoms with Gasteiger partial charge in [0.25, 0.3) is 0 Å². The fourth-order valence-electron chi connectivity index (χ4n) is 2.06. The summed E-state index contributed by atoms with van der Waals surface area (Å²) in [5.74, 6) is 0. The number of amides is 2. The normalized spacial score (nSPS) is 10.2. The average molecular weight is 283 g/mol. The Hall–Kier alpha value is -2.33. The minimum absolute atomic E-state index is 0.128. The van der Waals surface area contributed by atoms with Crippen LogP contribution in [-0.2, 0) is 13.1 Å². The SMILES string of the molecule is Cc1ccc(NC(=O)N(C)Cc2cccc(CN)c2)cc1. The van der Waals surface area contributed by atoms with Gasteiger partial charge in [0.05, 0.1) is 0 Å². The average Bonchev–Trinajstić information content (AvgIpc) is 2.49. The highest BCUT2D eigenvalue weighted by Gasteiger charge is 2.09. The molecule has 0 atom stereocenters. The quantitative estimate of drug-likeness (QED) is 0.905. The molecule has 2 aromatic rings. The summed E-state index contributed by atoms with van der Waals surface area (Å²) in [6.45, 7) is 3.07. The molecule has 0 fully saturated rings. The molecule has 2 aromatic carbocycles. The molecule has 0 aliphatic carbocycles. The maximum atomic E-state index is 12.1. The lowest BCUT2D eigenvalue weighted by atomic mass is 10.1. The van der Waals surface area contributed by atoms with Crippen molar-refractivity contribution < 1.29 is 4.79 Å². The Balaban J connectivity index is 1.97. The van der Waals surface area contributed by atoms with Crippen LogP contribution in [0.3, 0.4) is 0 Å². The summed E-state index contributed by atoms with van der Waals surface area (Å²) in [5.41, 5.74) is 9.73. The molecular formula is C17H21N3O. The molecule has 0 aromatic heterocycles. The maximum absolute atomic E-state index is 12.1. The summed E-state index contributed by atoms with van der Waals surface area (Å²) in [5, 5.41) is 2.88. The van der Waals surface area contributed by atoms with Crippen LogP contribution in [0, 0.1) is 6.92 Å². The van der Waals surface area contributed by atoms with Crippen LogP contribution in [0.25, 0.3) is 0 Å². The standard InChI is InChI=1S/C17H21N3O/c1-13-6-8-16(9-7-13)19-17(21)20(2)12-15-5-3-4-14(10-15)11-18/h3-10H,11-12,18H2,1-2H3,(H,19,21). The molecule has 2 amide bonds. The molecule has 110 valence electrons. The Kier molecular flexibility index (Phi) is 4.95. The van der Waals surface area contributed by atoms with E-state index in [-0.39, 0.29) is 6.03 Å². The lowest BCUT2D eigenvalue weighted by Gasteiger charge is -2.18. The third-order valence-corrected chi connectivity index (χ3v) is 3.30. The van der Waals surface area contributed by atoms with Crippen LogP contribution >= 0.6 is 0 Å². The van der Waals surface area contributed by atoms with Crippen LogP contribution in [0.1, 0.15) is 16.7 Å². The predicted molar refractivity (Wildman–Crippen MR) is 86.0 cm³/mol. The van der Waals surface area contributed by atoms with Crippen molar-refractivity contribution in [3.63, 3.8) is 0 Å². The van der Waals surface area contributed by atoms with E-state index in [0.717, 1.165) is 16.8 Å². The van der Waals surface area contributed by atoms with Crippen molar-refractivity contribution in [2.24, 2.45) is 5.73 Å². The van der Waals surface area contributed by atoms with E-state index in [1.165, 1.54) is 5.56 Å². The van der Waals surface area contributed by atoms with E-state index in [1.807, 2.05) is 55.5 Å². The van der Waals surface area contributed by atoms with Gasteiger partial charge < -0.3 is 16.0 Å². The van der Waals surface area contributed by atoms with E-state index in [1.54, 1.807) is 11.9 Å². The highest BCUT2D eigenvalue weighted by Crippen LogP contribution is 2.11. The molecule has 0 aliphatic rings. The van der Waals surface area contributed by atoms with Crippen LogP contribution in [0.5, 0.6) is 0 Å². The molecule has 2 rings (SSSR count). The molecule has 0 aliphatic heterocycles. The highest BCUT2D eigenvalue weighted by molar-refractivity contribution is 5.89. The van der Waals surface area contributed by atoms with E-state index >= 15 is 0 Å². The van der Waals surface area contributed by atoms with Gasteiger partial charge in [0.15, 0.2) is 0 Å². The van der Waals surface area contributed by atoms with Gasteiger partial charge >= 0.3 is 6.03 Å². The van der Waals surface area contributed by atoms with Gasteiger partial charge in [0.1, 0.15) is 0 Å². The minimum Gasteiger partial charge on any atom is -0.326 e. The van der Waals surface area contributed by atoms with E-state index in [4.69, 9.17) is 5.73 Å². The molecule has 3 N–H and O–H groups in total. The number of hydrogen-bond acceptors (Lipinski definition) is 2. The zero-order valence-electron chi connectivity index (χ0n) is 12.5. The summed E-state index contributed by atoms with van der Waals surface area (Å²) < 4.78 is 0. The van der Waals surface area contributed by atoms with Gasteiger partial charge in [-0.25, -0.2) is 4.79 Å². The molecule has 0 spiro atoms. The first kappa shape index (κ1) is 15.1. The predicted octanol–water partition coefficient (Wildman–Crippen LogP) is 3.12. The van der Waals surface area contributed by atoms with Crippen molar-refractivity contribution in [1.29, 1.82) is 0 Å². The van der Waals surface area contributed by atoms with Crippen LogP contribution in [0.15, 0.2) is 48.5 Å². The Bertz CT molecular complexity index is 608. The van der Waals surface area contributed by atoms with Crippen molar-refractivity contribution >= 4 is 11.7 Å². The first-order valence-corrected chi connectivity index (χ1v) is 6.95. The van der Waals surface area contributed by atoms with Gasteiger partial charge in [0.2, 0.25) is 0 Å². The van der Waals surface area contributed by atoms with E-state index < -0.39 is 0 Å². The lowest BCUT2D eigenvalue weighted by Crippen LogP contribution is -2.30. The van der Waals surface area contributed by atoms with Gasteiger partial charge in [-0.1, -0.05) is 42.0 Å². The van der Waals surface area contributed by atoms with Gasteiger partial charge in [0, 0.05) is 25.8 Å². The van der Waals surface area contributed by atoms with Crippen LogP contribution in [-0.4, -0.2) is 18.0 Å². The van der Waals surface area contributed by atoms with Crippen molar-refractivity contribution in [2.75, 3.05) is 12.4 Å². The molecule has 0 saturated carbocycles. The smallest absolute Gasteiger partial charge is 0.321 e. The topological polar surface area (TPSA) is 58.4 Å². The van der Waals surface area contributed by atoms with Crippen molar-refractivity contribution in [3.8, 4) is 0 Å². The molecular weight excluding hydrogens is 262 g/mol. The van der Waals surface area contributed by atoms with Gasteiger partial charge in [-0.3, -0.25) is 0 Å². The molecule has 0 radical (unpaired) electrons. The van der Waals surface area contributed by atoms with Crippen molar-refractivity contribution in [2.45, 2.75) is 20.0 Å².